The van der Waals surface area contributed by atoms with Gasteiger partial charge in [-0.15, -0.1) is 5.10 Å². The van der Waals surface area contributed by atoms with Crippen LogP contribution in [-0.2, 0) is 11.3 Å². The minimum Gasteiger partial charge on any atom is -0.399 e. The summed E-state index contributed by atoms with van der Waals surface area (Å²) in [6, 6.07) is 5.34. The Morgan fingerprint density at radius 2 is 2.30 bits per heavy atom. The van der Waals surface area contributed by atoms with Crippen molar-refractivity contribution in [3.05, 3.63) is 23.2 Å². The van der Waals surface area contributed by atoms with Crippen molar-refractivity contribution in [2.45, 2.75) is 26.0 Å². The molecule has 0 bridgehead atoms. The number of hydrogen-bond acceptors (Lipinski definition) is 5. The van der Waals surface area contributed by atoms with Crippen LogP contribution in [0.2, 0.25) is 5.02 Å². The molecule has 2 N–H and O–H groups in total. The van der Waals surface area contributed by atoms with E-state index in [1.54, 1.807) is 10.7 Å². The van der Waals surface area contributed by atoms with E-state index in [4.69, 9.17) is 22.1 Å². The number of benzene rings is 1. The molecule has 3 rings (SSSR count). The van der Waals surface area contributed by atoms with Crippen LogP contribution in [0, 0.1) is 5.92 Å². The van der Waals surface area contributed by atoms with Crippen LogP contribution in [0.15, 0.2) is 18.2 Å². The first-order chi connectivity index (χ1) is 9.63. The van der Waals surface area contributed by atoms with Crippen LogP contribution in [0.1, 0.15) is 13.3 Å². The van der Waals surface area contributed by atoms with Crippen LogP contribution in [-0.4, -0.2) is 32.9 Å². The van der Waals surface area contributed by atoms with E-state index >= 15 is 0 Å². The number of nitrogens with zero attached hydrogens (tertiary/aromatic N) is 4. The fourth-order valence-corrected chi connectivity index (χ4v) is 2.76. The van der Waals surface area contributed by atoms with Crippen LogP contribution in [0.3, 0.4) is 0 Å². The van der Waals surface area contributed by atoms with Crippen LogP contribution in [0.25, 0.3) is 11.4 Å². The van der Waals surface area contributed by atoms with Crippen LogP contribution < -0.4 is 5.73 Å². The smallest absolute Gasteiger partial charge is 0.182 e. The Bertz CT molecular complexity index is 594. The Morgan fingerprint density at radius 3 is 3.00 bits per heavy atom. The number of nitrogens with two attached hydrogens (primary N) is 1. The van der Waals surface area contributed by atoms with Crippen molar-refractivity contribution in [2.24, 2.45) is 5.92 Å². The van der Waals surface area contributed by atoms with Gasteiger partial charge in [-0.3, -0.25) is 0 Å². The first kappa shape index (κ1) is 13.3. The lowest BCUT2D eigenvalue weighted by Crippen LogP contribution is -2.19. The molecule has 106 valence electrons. The fraction of sp³-hybridized carbons (Fsp3) is 0.462. The molecule has 1 aliphatic rings. The molecule has 2 aromatic rings. The topological polar surface area (TPSA) is 78.8 Å². The SMILES string of the molecule is CC1OCCC1Cn1nnnc1-c1cc(N)cc(Cl)c1. The second kappa shape index (κ2) is 5.38. The normalized spacial score (nSPS) is 22.3. The molecule has 1 saturated heterocycles. The average Bonchev–Trinajstić information content (AvgIpc) is 2.99. The van der Waals surface area contributed by atoms with Gasteiger partial charge in [0.05, 0.1) is 12.6 Å². The van der Waals surface area contributed by atoms with Gasteiger partial charge in [-0.25, -0.2) is 4.68 Å². The van der Waals surface area contributed by atoms with Gasteiger partial charge in [0.2, 0.25) is 0 Å². The number of tetrazole rings is 1. The van der Waals surface area contributed by atoms with Crippen molar-refractivity contribution in [3.8, 4) is 11.4 Å². The molecular formula is C13H16ClN5O. The highest BCUT2D eigenvalue weighted by molar-refractivity contribution is 6.31. The first-order valence-electron chi connectivity index (χ1n) is 6.57. The molecule has 2 unspecified atom stereocenters. The molecular weight excluding hydrogens is 278 g/mol. The Morgan fingerprint density at radius 1 is 1.45 bits per heavy atom. The minimum atomic E-state index is 0.233. The number of nitrogen functional groups attached to an aromatic ring is 1. The summed E-state index contributed by atoms with van der Waals surface area (Å²) in [6.45, 7) is 3.61. The Kier molecular flexibility index (Phi) is 3.58. The van der Waals surface area contributed by atoms with Crippen LogP contribution in [0.4, 0.5) is 5.69 Å². The monoisotopic (exact) mass is 293 g/mol. The summed E-state index contributed by atoms with van der Waals surface area (Å²) in [5, 5.41) is 12.5. The molecule has 0 amide bonds. The number of anilines is 1. The number of halogens is 1. The van der Waals surface area contributed by atoms with Gasteiger partial charge in [-0.2, -0.15) is 0 Å². The number of hydrogen-bond donors (Lipinski definition) is 1. The second-order valence-corrected chi connectivity index (χ2v) is 5.52. The Labute approximate surface area is 121 Å². The molecule has 0 aliphatic carbocycles. The number of aromatic nitrogens is 4. The summed E-state index contributed by atoms with van der Waals surface area (Å²) in [5.41, 5.74) is 7.24. The van der Waals surface area contributed by atoms with E-state index in [1.165, 1.54) is 0 Å². The third kappa shape index (κ3) is 2.62. The zero-order valence-corrected chi connectivity index (χ0v) is 11.9. The van der Waals surface area contributed by atoms with E-state index in [0.717, 1.165) is 25.1 Å². The highest BCUT2D eigenvalue weighted by Gasteiger charge is 2.26. The molecule has 7 heteroatoms. The predicted octanol–water partition coefficient (Wildman–Crippen LogP) is 2.00. The minimum absolute atomic E-state index is 0.233. The van der Waals surface area contributed by atoms with Gasteiger partial charge in [0.1, 0.15) is 0 Å². The van der Waals surface area contributed by atoms with Gasteiger partial charge in [0.15, 0.2) is 5.82 Å². The quantitative estimate of drug-likeness (QED) is 0.876. The third-order valence-corrected chi connectivity index (χ3v) is 3.87. The van der Waals surface area contributed by atoms with E-state index < -0.39 is 0 Å². The summed E-state index contributed by atoms with van der Waals surface area (Å²) in [5.74, 6) is 1.10. The predicted molar refractivity (Wildman–Crippen MR) is 76.2 cm³/mol. The molecule has 2 heterocycles. The molecule has 0 spiro atoms. The Hall–Kier alpha value is -1.66. The van der Waals surface area contributed by atoms with Crippen LogP contribution in [0.5, 0.6) is 0 Å². The largest absolute Gasteiger partial charge is 0.399 e. The van der Waals surface area contributed by atoms with E-state index in [0.29, 0.717) is 22.5 Å². The molecule has 0 radical (unpaired) electrons. The lowest BCUT2D eigenvalue weighted by Gasteiger charge is -2.14. The summed E-state index contributed by atoms with van der Waals surface area (Å²) in [7, 11) is 0. The number of ether oxygens (including phenoxy) is 1. The van der Waals surface area contributed by atoms with E-state index in [-0.39, 0.29) is 6.10 Å². The molecule has 2 atom stereocenters. The maximum Gasteiger partial charge on any atom is 0.182 e. The van der Waals surface area contributed by atoms with Crippen LogP contribution >= 0.6 is 11.6 Å². The highest BCUT2D eigenvalue weighted by Crippen LogP contribution is 2.27. The second-order valence-electron chi connectivity index (χ2n) is 5.08. The van der Waals surface area contributed by atoms with Crippen molar-refractivity contribution in [3.63, 3.8) is 0 Å². The zero-order chi connectivity index (χ0) is 14.1. The summed E-state index contributed by atoms with van der Waals surface area (Å²) < 4.78 is 7.37. The van der Waals surface area contributed by atoms with E-state index in [2.05, 4.69) is 22.4 Å². The van der Waals surface area contributed by atoms with Crippen molar-refractivity contribution in [1.29, 1.82) is 0 Å². The van der Waals surface area contributed by atoms with Gasteiger partial charge in [0, 0.05) is 28.8 Å². The van der Waals surface area contributed by atoms with Crippen molar-refractivity contribution in [2.75, 3.05) is 12.3 Å². The molecule has 1 aromatic heterocycles. The van der Waals surface area contributed by atoms with Crippen molar-refractivity contribution < 1.29 is 4.74 Å². The van der Waals surface area contributed by atoms with Crippen molar-refractivity contribution >= 4 is 17.3 Å². The van der Waals surface area contributed by atoms with Gasteiger partial charge in [-0.1, -0.05) is 11.6 Å². The fourth-order valence-electron chi connectivity index (χ4n) is 2.51. The molecule has 1 aromatic carbocycles. The summed E-state index contributed by atoms with van der Waals surface area (Å²) in [6.07, 6.45) is 1.26. The Balaban J connectivity index is 1.89. The molecule has 20 heavy (non-hydrogen) atoms. The standard InChI is InChI=1S/C13H16ClN5O/c1-8-9(2-3-20-8)7-19-13(16-17-18-19)10-4-11(14)6-12(15)5-10/h4-6,8-9H,2-3,7,15H2,1H3. The zero-order valence-electron chi connectivity index (χ0n) is 11.2. The van der Waals surface area contributed by atoms with E-state index in [9.17, 15) is 0 Å². The average molecular weight is 294 g/mol. The molecule has 6 nitrogen and oxygen atoms in total. The van der Waals surface area contributed by atoms with Gasteiger partial charge in [-0.05, 0) is 42.0 Å². The summed E-state index contributed by atoms with van der Waals surface area (Å²) >= 11 is 6.03. The van der Waals surface area contributed by atoms with Gasteiger partial charge >= 0.3 is 0 Å². The van der Waals surface area contributed by atoms with E-state index in [1.807, 2.05) is 12.1 Å². The third-order valence-electron chi connectivity index (χ3n) is 3.65. The van der Waals surface area contributed by atoms with Gasteiger partial charge < -0.3 is 10.5 Å². The molecule has 0 saturated carbocycles. The maximum absolute atomic E-state index is 6.03. The maximum atomic E-state index is 6.03. The van der Waals surface area contributed by atoms with Crippen molar-refractivity contribution in [1.82, 2.24) is 20.2 Å². The summed E-state index contributed by atoms with van der Waals surface area (Å²) in [4.78, 5) is 0. The van der Waals surface area contributed by atoms with Gasteiger partial charge in [0.25, 0.3) is 0 Å². The molecule has 1 fully saturated rings. The lowest BCUT2D eigenvalue weighted by atomic mass is 10.0. The molecule has 1 aliphatic heterocycles. The first-order valence-corrected chi connectivity index (χ1v) is 6.95. The highest BCUT2D eigenvalue weighted by atomic mass is 35.5. The number of rotatable bonds is 3. The lowest BCUT2D eigenvalue weighted by molar-refractivity contribution is 0.101.